The summed E-state index contributed by atoms with van der Waals surface area (Å²) in [4.78, 5) is 2.20. The van der Waals surface area contributed by atoms with E-state index in [0.717, 1.165) is 19.5 Å². The second-order valence-corrected chi connectivity index (χ2v) is 10.5. The lowest BCUT2D eigenvalue weighted by atomic mass is 10.0. The molecule has 0 bridgehead atoms. The van der Waals surface area contributed by atoms with E-state index in [1.807, 2.05) is 7.05 Å². The smallest absolute Gasteiger partial charge is 0.262 e. The molecule has 8 nitrogen and oxygen atoms in total. The summed E-state index contributed by atoms with van der Waals surface area (Å²) < 4.78 is 52.1. The van der Waals surface area contributed by atoms with Gasteiger partial charge in [-0.3, -0.25) is 4.72 Å². The van der Waals surface area contributed by atoms with Crippen LogP contribution in [0.2, 0.25) is 5.02 Å². The van der Waals surface area contributed by atoms with Crippen molar-refractivity contribution in [1.82, 2.24) is 4.90 Å². The average Bonchev–Trinajstić information content (AvgIpc) is 3.29. The Kier molecular flexibility index (Phi) is 7.82. The lowest BCUT2D eigenvalue weighted by Crippen LogP contribution is -2.21. The zero-order valence-electron chi connectivity index (χ0n) is 20.6. The van der Waals surface area contributed by atoms with Crippen LogP contribution in [0.3, 0.4) is 0 Å². The minimum atomic E-state index is -4.05. The molecule has 1 aliphatic heterocycles. The van der Waals surface area contributed by atoms with Crippen LogP contribution in [0.4, 0.5) is 5.69 Å². The molecule has 1 aliphatic rings. The van der Waals surface area contributed by atoms with Gasteiger partial charge in [-0.1, -0.05) is 23.7 Å². The van der Waals surface area contributed by atoms with Crippen molar-refractivity contribution in [3.05, 3.63) is 59.6 Å². The highest BCUT2D eigenvalue weighted by molar-refractivity contribution is 7.92. The van der Waals surface area contributed by atoms with E-state index in [9.17, 15) is 8.42 Å². The normalized spacial score (nSPS) is 16.0. The molecule has 3 aromatic carbocycles. The molecule has 4 rings (SSSR count). The first kappa shape index (κ1) is 25.9. The van der Waals surface area contributed by atoms with Crippen LogP contribution in [0.1, 0.15) is 6.42 Å². The van der Waals surface area contributed by atoms with E-state index >= 15 is 0 Å². The van der Waals surface area contributed by atoms with Crippen LogP contribution in [0.15, 0.2) is 59.5 Å². The Labute approximate surface area is 216 Å². The predicted molar refractivity (Wildman–Crippen MR) is 140 cm³/mol. The summed E-state index contributed by atoms with van der Waals surface area (Å²) in [5.74, 6) is 1.79. The fourth-order valence-corrected chi connectivity index (χ4v) is 5.55. The number of likely N-dealkylation sites (N-methyl/N-ethyl adjacent to an activating group) is 1. The molecule has 36 heavy (non-hydrogen) atoms. The number of nitrogens with one attached hydrogen (secondary N) is 1. The van der Waals surface area contributed by atoms with Crippen LogP contribution >= 0.6 is 11.6 Å². The fourth-order valence-electron chi connectivity index (χ4n) is 4.12. The number of rotatable bonds is 9. The molecular weight excluding hydrogens is 504 g/mol. The van der Waals surface area contributed by atoms with Gasteiger partial charge in [-0.25, -0.2) is 8.42 Å². The zero-order chi connectivity index (χ0) is 25.9. The van der Waals surface area contributed by atoms with Gasteiger partial charge in [0.1, 0.15) is 17.6 Å². The molecule has 0 aliphatic carbocycles. The van der Waals surface area contributed by atoms with Crippen LogP contribution in [-0.4, -0.2) is 60.9 Å². The first-order chi connectivity index (χ1) is 17.2. The Balaban J connectivity index is 1.71. The van der Waals surface area contributed by atoms with Crippen LogP contribution in [0.5, 0.6) is 23.0 Å². The van der Waals surface area contributed by atoms with Crippen LogP contribution < -0.4 is 23.7 Å². The van der Waals surface area contributed by atoms with Crippen molar-refractivity contribution in [2.45, 2.75) is 17.4 Å². The third kappa shape index (κ3) is 5.64. The molecule has 0 saturated carbocycles. The van der Waals surface area contributed by atoms with Gasteiger partial charge >= 0.3 is 0 Å². The number of methoxy groups -OCH3 is 3. The summed E-state index contributed by atoms with van der Waals surface area (Å²) in [7, 11) is 2.50. The van der Waals surface area contributed by atoms with E-state index in [1.165, 1.54) is 20.3 Å². The molecule has 0 amide bonds. The molecule has 1 fully saturated rings. The highest BCUT2D eigenvalue weighted by Gasteiger charge is 2.25. The number of nitrogens with zero attached hydrogens (tertiary/aromatic N) is 1. The molecule has 1 saturated heterocycles. The molecular formula is C26H29ClN2O6S. The van der Waals surface area contributed by atoms with Gasteiger partial charge in [0.2, 0.25) is 0 Å². The van der Waals surface area contributed by atoms with Crippen LogP contribution in [0.25, 0.3) is 11.1 Å². The van der Waals surface area contributed by atoms with Gasteiger partial charge in [-0.05, 0) is 49.4 Å². The minimum absolute atomic E-state index is 0.00752. The van der Waals surface area contributed by atoms with Crippen molar-refractivity contribution < 1.29 is 27.4 Å². The van der Waals surface area contributed by atoms with Crippen molar-refractivity contribution >= 4 is 27.3 Å². The summed E-state index contributed by atoms with van der Waals surface area (Å²) in [6.45, 7) is 1.71. The highest BCUT2D eigenvalue weighted by atomic mass is 35.5. The molecule has 1 heterocycles. The third-order valence-corrected chi connectivity index (χ3v) is 7.73. The molecule has 1 atom stereocenters. The largest absolute Gasteiger partial charge is 0.497 e. The van der Waals surface area contributed by atoms with E-state index in [1.54, 1.807) is 55.6 Å². The molecule has 192 valence electrons. The van der Waals surface area contributed by atoms with Gasteiger partial charge in [0, 0.05) is 30.8 Å². The number of likely N-dealkylation sites (tertiary alicyclic amines) is 1. The van der Waals surface area contributed by atoms with E-state index in [4.69, 9.17) is 30.5 Å². The molecule has 0 spiro atoms. The molecule has 0 aromatic heterocycles. The maximum atomic E-state index is 13.7. The Bertz CT molecular complexity index is 1330. The lowest BCUT2D eigenvalue weighted by Gasteiger charge is -2.18. The number of hydrogen-bond acceptors (Lipinski definition) is 7. The Hall–Kier alpha value is -3.14. The van der Waals surface area contributed by atoms with Crippen molar-refractivity contribution in [3.8, 4) is 34.1 Å². The van der Waals surface area contributed by atoms with Crippen LogP contribution in [-0.2, 0) is 10.0 Å². The monoisotopic (exact) mass is 532 g/mol. The Morgan fingerprint density at radius 1 is 0.917 bits per heavy atom. The van der Waals surface area contributed by atoms with E-state index in [2.05, 4.69) is 9.62 Å². The molecule has 1 N–H and O–H groups in total. The van der Waals surface area contributed by atoms with Crippen molar-refractivity contribution in [3.63, 3.8) is 0 Å². The topological polar surface area (TPSA) is 86.3 Å². The van der Waals surface area contributed by atoms with E-state index in [-0.39, 0.29) is 11.0 Å². The standard InChI is InChI=1S/C26H29ClN2O6S/c1-29-12-11-20(16-29)35-23-13-18(7-10-22(23)27)28-36(30,31)26-15-25(34-4)24(33-3)14-21(26)17-5-8-19(32-2)9-6-17/h5-10,13-15,20,28H,11-12,16H2,1-4H3/t20-/m1/s1. The number of hydrogen-bond donors (Lipinski definition) is 1. The van der Waals surface area contributed by atoms with E-state index < -0.39 is 10.0 Å². The number of benzene rings is 3. The number of sulfonamides is 1. The van der Waals surface area contributed by atoms with Crippen LogP contribution in [0, 0.1) is 0 Å². The summed E-state index contributed by atoms with van der Waals surface area (Å²) in [5.41, 5.74) is 1.45. The van der Waals surface area contributed by atoms with Gasteiger partial charge < -0.3 is 23.8 Å². The molecule has 0 unspecified atom stereocenters. The van der Waals surface area contributed by atoms with Gasteiger partial charge in [0.15, 0.2) is 11.5 Å². The number of halogens is 1. The third-order valence-electron chi connectivity index (χ3n) is 6.00. The SMILES string of the molecule is COc1ccc(-c2cc(OC)c(OC)cc2S(=O)(=O)Nc2ccc(Cl)c(O[C@@H]3CCN(C)C3)c2)cc1. The summed E-state index contributed by atoms with van der Waals surface area (Å²) in [5, 5.41) is 0.414. The summed E-state index contributed by atoms with van der Waals surface area (Å²) >= 11 is 6.35. The quantitative estimate of drug-likeness (QED) is 0.418. The first-order valence-corrected chi connectivity index (χ1v) is 13.2. The van der Waals surface area contributed by atoms with Crippen molar-refractivity contribution in [2.75, 3.05) is 46.2 Å². The second kappa shape index (κ2) is 10.9. The first-order valence-electron chi connectivity index (χ1n) is 11.3. The molecule has 10 heteroatoms. The van der Waals surface area contributed by atoms with Crippen molar-refractivity contribution in [1.29, 1.82) is 0 Å². The molecule has 3 aromatic rings. The Morgan fingerprint density at radius 2 is 1.61 bits per heavy atom. The highest BCUT2D eigenvalue weighted by Crippen LogP contribution is 2.39. The van der Waals surface area contributed by atoms with Crippen molar-refractivity contribution in [2.24, 2.45) is 0 Å². The summed E-state index contributed by atoms with van der Waals surface area (Å²) in [6.07, 6.45) is 0.867. The number of anilines is 1. The number of ether oxygens (including phenoxy) is 4. The second-order valence-electron chi connectivity index (χ2n) is 8.47. The van der Waals surface area contributed by atoms with Gasteiger partial charge in [0.25, 0.3) is 10.0 Å². The van der Waals surface area contributed by atoms with Gasteiger partial charge in [0.05, 0.1) is 36.9 Å². The predicted octanol–water partition coefficient (Wildman–Crippen LogP) is 4.92. The summed E-state index contributed by atoms with van der Waals surface area (Å²) in [6, 6.07) is 15.0. The molecule has 0 radical (unpaired) electrons. The lowest BCUT2D eigenvalue weighted by molar-refractivity contribution is 0.208. The average molecular weight is 533 g/mol. The zero-order valence-corrected chi connectivity index (χ0v) is 22.2. The van der Waals surface area contributed by atoms with Gasteiger partial charge in [-0.2, -0.15) is 0 Å². The maximum Gasteiger partial charge on any atom is 0.262 e. The Morgan fingerprint density at radius 3 is 2.22 bits per heavy atom. The maximum absolute atomic E-state index is 13.7. The van der Waals surface area contributed by atoms with E-state index in [0.29, 0.717) is 44.8 Å². The van der Waals surface area contributed by atoms with Gasteiger partial charge in [-0.15, -0.1) is 0 Å². The fraction of sp³-hybridized carbons (Fsp3) is 0.308. The minimum Gasteiger partial charge on any atom is -0.497 e.